The second-order valence-corrected chi connectivity index (χ2v) is 7.94. The summed E-state index contributed by atoms with van der Waals surface area (Å²) >= 11 is 7.58. The molecule has 7 heteroatoms. The highest BCUT2D eigenvalue weighted by Crippen LogP contribution is 2.44. The van der Waals surface area contributed by atoms with Crippen molar-refractivity contribution in [1.82, 2.24) is 4.90 Å². The van der Waals surface area contributed by atoms with E-state index in [2.05, 4.69) is 5.32 Å². The molecule has 3 aromatic rings. The number of hydrogen-bond donors (Lipinski definition) is 1. The number of thiophene rings is 1. The number of halogens is 2. The number of hydrogen-bond acceptors (Lipinski definition) is 3. The molecule has 4 rings (SSSR count). The second-order valence-electron chi connectivity index (χ2n) is 6.55. The molecular formula is C21H16ClFN2O2S. The maximum absolute atomic E-state index is 13.3. The number of nitrogens with zero attached hydrogens (tertiary/aromatic N) is 1. The summed E-state index contributed by atoms with van der Waals surface area (Å²) in [6.07, 6.45) is 0. The molecule has 1 aliphatic rings. The molecule has 0 aliphatic carbocycles. The number of benzene rings is 2. The Balaban J connectivity index is 1.79. The zero-order valence-corrected chi connectivity index (χ0v) is 16.4. The quantitative estimate of drug-likeness (QED) is 0.649. The number of carbonyl (C=O) groups is 2. The molecule has 2 aromatic carbocycles. The van der Waals surface area contributed by atoms with Crippen molar-refractivity contribution in [3.63, 3.8) is 0 Å². The number of nitrogens with one attached hydrogen (secondary N) is 1. The minimum atomic E-state index is -0.626. The van der Waals surface area contributed by atoms with Gasteiger partial charge in [0, 0.05) is 17.5 Å². The topological polar surface area (TPSA) is 49.4 Å². The molecule has 2 heterocycles. The van der Waals surface area contributed by atoms with Crippen LogP contribution in [0.15, 0.2) is 60.0 Å². The van der Waals surface area contributed by atoms with Gasteiger partial charge in [-0.1, -0.05) is 35.9 Å². The summed E-state index contributed by atoms with van der Waals surface area (Å²) < 4.78 is 13.3. The summed E-state index contributed by atoms with van der Waals surface area (Å²) in [5, 5.41) is 4.84. The van der Waals surface area contributed by atoms with E-state index in [4.69, 9.17) is 11.6 Å². The Morgan fingerprint density at radius 2 is 1.96 bits per heavy atom. The summed E-state index contributed by atoms with van der Waals surface area (Å²) in [4.78, 5) is 28.7. The molecule has 2 amide bonds. The zero-order chi connectivity index (χ0) is 19.8. The summed E-state index contributed by atoms with van der Waals surface area (Å²) in [5.41, 5.74) is 1.50. The molecule has 1 aliphatic heterocycles. The van der Waals surface area contributed by atoms with Crippen molar-refractivity contribution in [3.05, 3.63) is 86.8 Å². The normalized spacial score (nSPS) is 18.7. The van der Waals surface area contributed by atoms with Crippen molar-refractivity contribution < 1.29 is 14.0 Å². The van der Waals surface area contributed by atoms with Crippen LogP contribution >= 0.6 is 22.9 Å². The Bertz CT molecular complexity index is 1050. The Morgan fingerprint density at radius 1 is 1.18 bits per heavy atom. The lowest BCUT2D eigenvalue weighted by molar-refractivity contribution is -0.119. The molecule has 1 N–H and O–H groups in total. The molecule has 2 atom stereocenters. The lowest BCUT2D eigenvalue weighted by atomic mass is 9.81. The van der Waals surface area contributed by atoms with Crippen molar-refractivity contribution >= 4 is 40.4 Å². The van der Waals surface area contributed by atoms with Gasteiger partial charge >= 0.3 is 0 Å². The molecule has 0 bridgehead atoms. The lowest BCUT2D eigenvalue weighted by Crippen LogP contribution is -2.43. The van der Waals surface area contributed by atoms with E-state index in [-0.39, 0.29) is 16.8 Å². The van der Waals surface area contributed by atoms with Gasteiger partial charge in [0.25, 0.3) is 5.91 Å². The fourth-order valence-corrected chi connectivity index (χ4v) is 4.69. The lowest BCUT2D eigenvalue weighted by Gasteiger charge is -2.39. The fraction of sp³-hybridized carbons (Fsp3) is 0.143. The van der Waals surface area contributed by atoms with Crippen molar-refractivity contribution in [3.8, 4) is 0 Å². The van der Waals surface area contributed by atoms with Crippen molar-refractivity contribution in [2.45, 2.75) is 12.0 Å². The van der Waals surface area contributed by atoms with Crippen LogP contribution in [0.1, 0.15) is 32.8 Å². The monoisotopic (exact) mass is 414 g/mol. The van der Waals surface area contributed by atoms with Crippen molar-refractivity contribution in [1.29, 1.82) is 0 Å². The number of amides is 2. The van der Waals surface area contributed by atoms with Gasteiger partial charge in [0.1, 0.15) is 5.82 Å². The van der Waals surface area contributed by atoms with Crippen LogP contribution in [0.25, 0.3) is 0 Å². The van der Waals surface area contributed by atoms with Crippen LogP contribution in [-0.2, 0) is 4.79 Å². The number of likely N-dealkylation sites (N-methyl/N-ethyl adjacent to an activating group) is 1. The first kappa shape index (κ1) is 18.7. The SMILES string of the molecule is CN1C(=O)c2ccccc2[C@@H](C(=O)Nc2ccc(F)cc2Cl)[C@H]1c1cccs1. The van der Waals surface area contributed by atoms with Crippen LogP contribution in [0.5, 0.6) is 0 Å². The van der Waals surface area contributed by atoms with Crippen molar-refractivity contribution in [2.75, 3.05) is 12.4 Å². The molecule has 0 spiro atoms. The highest BCUT2D eigenvalue weighted by molar-refractivity contribution is 7.10. The van der Waals surface area contributed by atoms with Gasteiger partial charge < -0.3 is 10.2 Å². The van der Waals surface area contributed by atoms with Crippen LogP contribution in [0.4, 0.5) is 10.1 Å². The van der Waals surface area contributed by atoms with Gasteiger partial charge in [0.15, 0.2) is 0 Å². The highest BCUT2D eigenvalue weighted by Gasteiger charge is 2.43. The van der Waals surface area contributed by atoms with Crippen LogP contribution in [-0.4, -0.2) is 23.8 Å². The average Bonchev–Trinajstić information content (AvgIpc) is 3.21. The van der Waals surface area contributed by atoms with E-state index in [1.54, 1.807) is 30.1 Å². The van der Waals surface area contributed by atoms with E-state index in [1.165, 1.54) is 23.5 Å². The van der Waals surface area contributed by atoms with Gasteiger partial charge in [-0.25, -0.2) is 4.39 Å². The summed E-state index contributed by atoms with van der Waals surface area (Å²) in [6.45, 7) is 0. The van der Waals surface area contributed by atoms with Gasteiger partial charge in [-0.2, -0.15) is 0 Å². The molecule has 0 saturated carbocycles. The third-order valence-electron chi connectivity index (χ3n) is 4.89. The summed E-state index contributed by atoms with van der Waals surface area (Å²) in [6, 6.07) is 14.3. The Morgan fingerprint density at radius 3 is 2.68 bits per heavy atom. The number of anilines is 1. The fourth-order valence-electron chi connectivity index (χ4n) is 3.57. The number of fused-ring (bicyclic) bond motifs is 1. The molecule has 0 unspecified atom stereocenters. The van der Waals surface area contributed by atoms with Crippen LogP contribution in [0.2, 0.25) is 5.02 Å². The maximum atomic E-state index is 13.3. The van der Waals surface area contributed by atoms with Crippen LogP contribution in [0.3, 0.4) is 0 Å². The molecule has 0 radical (unpaired) electrons. The summed E-state index contributed by atoms with van der Waals surface area (Å²) in [7, 11) is 1.70. The Kier molecular flexibility index (Phi) is 4.91. The van der Waals surface area contributed by atoms with Crippen LogP contribution in [0, 0.1) is 5.82 Å². The van der Waals surface area contributed by atoms with Gasteiger partial charge in [0.05, 0.1) is 22.7 Å². The average molecular weight is 415 g/mol. The molecule has 28 heavy (non-hydrogen) atoms. The minimum absolute atomic E-state index is 0.120. The first-order chi connectivity index (χ1) is 13.5. The minimum Gasteiger partial charge on any atom is -0.333 e. The second kappa shape index (κ2) is 7.37. The van der Waals surface area contributed by atoms with E-state index in [0.29, 0.717) is 16.8 Å². The Labute approximate surface area is 170 Å². The van der Waals surface area contributed by atoms with Gasteiger partial charge in [-0.3, -0.25) is 9.59 Å². The van der Waals surface area contributed by atoms with E-state index in [0.717, 1.165) is 10.9 Å². The van der Waals surface area contributed by atoms with E-state index in [9.17, 15) is 14.0 Å². The van der Waals surface area contributed by atoms with E-state index >= 15 is 0 Å². The largest absolute Gasteiger partial charge is 0.333 e. The maximum Gasteiger partial charge on any atom is 0.254 e. The first-order valence-corrected chi connectivity index (χ1v) is 9.88. The third kappa shape index (κ3) is 3.19. The summed E-state index contributed by atoms with van der Waals surface area (Å²) in [5.74, 6) is -1.54. The predicted octanol–water partition coefficient (Wildman–Crippen LogP) is 5.09. The molecule has 4 nitrogen and oxygen atoms in total. The number of carbonyl (C=O) groups excluding carboxylic acids is 2. The standard InChI is InChI=1S/C21H16ClFN2O2S/c1-25-19(17-7-4-10-28-17)18(13-5-2-3-6-14(13)21(25)27)20(26)24-16-9-8-12(23)11-15(16)22/h2-11,18-19H,1H3,(H,24,26)/t18-,19-/m1/s1. The van der Waals surface area contributed by atoms with E-state index in [1.807, 2.05) is 23.6 Å². The van der Waals surface area contributed by atoms with E-state index < -0.39 is 17.8 Å². The molecule has 0 saturated heterocycles. The van der Waals surface area contributed by atoms with Crippen molar-refractivity contribution in [2.24, 2.45) is 0 Å². The van der Waals surface area contributed by atoms with Crippen LogP contribution < -0.4 is 5.32 Å². The smallest absolute Gasteiger partial charge is 0.254 e. The molecule has 1 aromatic heterocycles. The van der Waals surface area contributed by atoms with Gasteiger partial charge in [-0.05, 0) is 41.3 Å². The number of rotatable bonds is 3. The van der Waals surface area contributed by atoms with Gasteiger partial charge in [0.2, 0.25) is 5.91 Å². The predicted molar refractivity (Wildman–Crippen MR) is 108 cm³/mol. The Hall–Kier alpha value is -2.70. The van der Waals surface area contributed by atoms with Gasteiger partial charge in [-0.15, -0.1) is 11.3 Å². The molecular weight excluding hydrogens is 399 g/mol. The highest BCUT2D eigenvalue weighted by atomic mass is 35.5. The first-order valence-electron chi connectivity index (χ1n) is 8.63. The molecule has 142 valence electrons. The zero-order valence-electron chi connectivity index (χ0n) is 14.9. The third-order valence-corrected chi connectivity index (χ3v) is 6.14. The molecule has 0 fully saturated rings.